The Labute approximate surface area is 203 Å². The molecule has 1 spiro atoms. The van der Waals surface area contributed by atoms with E-state index in [2.05, 4.69) is 16.0 Å². The van der Waals surface area contributed by atoms with Gasteiger partial charge in [-0.25, -0.2) is 0 Å². The summed E-state index contributed by atoms with van der Waals surface area (Å²) in [6.07, 6.45) is 7.60. The van der Waals surface area contributed by atoms with Gasteiger partial charge in [0.1, 0.15) is 5.75 Å². The highest BCUT2D eigenvalue weighted by Crippen LogP contribution is 2.49. The number of hydrogen-bond acceptors (Lipinski definition) is 5. The molecule has 5 rings (SSSR count). The maximum atomic E-state index is 13.4. The number of methoxy groups -OCH3 is 1. The maximum Gasteiger partial charge on any atom is 0.237 e. The fourth-order valence-electron chi connectivity index (χ4n) is 6.76. The van der Waals surface area contributed by atoms with E-state index in [4.69, 9.17) is 4.74 Å². The van der Waals surface area contributed by atoms with Crippen LogP contribution in [0.4, 0.5) is 0 Å². The Morgan fingerprint density at radius 2 is 1.97 bits per heavy atom. The second kappa shape index (κ2) is 9.51. The lowest BCUT2D eigenvalue weighted by Gasteiger charge is -2.50. The summed E-state index contributed by atoms with van der Waals surface area (Å²) >= 11 is 0. The third-order valence-corrected chi connectivity index (χ3v) is 8.50. The topological polar surface area (TPSA) is 72.0 Å². The molecule has 3 aliphatic rings. The van der Waals surface area contributed by atoms with Crippen molar-refractivity contribution < 1.29 is 14.6 Å². The number of aliphatic hydroxyl groups is 1. The molecule has 1 amide bonds. The zero-order chi connectivity index (χ0) is 23.9. The van der Waals surface area contributed by atoms with Crippen LogP contribution in [0, 0.1) is 5.92 Å². The normalized spacial score (nSPS) is 23.2. The first-order valence-corrected chi connectivity index (χ1v) is 12.9. The predicted octanol–water partition coefficient (Wildman–Crippen LogP) is 3.14. The maximum absolute atomic E-state index is 13.4. The van der Waals surface area contributed by atoms with Gasteiger partial charge in [-0.2, -0.15) is 0 Å². The van der Waals surface area contributed by atoms with Gasteiger partial charge in [-0.3, -0.25) is 4.79 Å². The number of benzene rings is 1. The van der Waals surface area contributed by atoms with Gasteiger partial charge in [-0.15, -0.1) is 0 Å². The number of likely N-dealkylation sites (tertiary alicyclic amines) is 1. The average molecular weight is 469 g/mol. The molecular weight excluding hydrogens is 428 g/mol. The summed E-state index contributed by atoms with van der Waals surface area (Å²) in [5, 5.41) is 11.7. The highest BCUT2D eigenvalue weighted by molar-refractivity contribution is 5.89. The Bertz CT molecular complexity index is 1020. The van der Waals surface area contributed by atoms with Gasteiger partial charge in [0, 0.05) is 41.2 Å². The Hall–Kier alpha value is -2.09. The van der Waals surface area contributed by atoms with Gasteiger partial charge in [0.15, 0.2) is 0 Å². The van der Waals surface area contributed by atoms with Crippen LogP contribution in [-0.2, 0) is 10.2 Å². The molecule has 7 nitrogen and oxygen atoms in total. The van der Waals surface area contributed by atoms with Crippen molar-refractivity contribution in [2.45, 2.75) is 50.0 Å². The number of nitrogens with zero attached hydrogens (tertiary/aromatic N) is 3. The van der Waals surface area contributed by atoms with Crippen LogP contribution in [0.2, 0.25) is 0 Å². The number of H-pyrrole nitrogens is 1. The van der Waals surface area contributed by atoms with Crippen LogP contribution >= 0.6 is 0 Å². The van der Waals surface area contributed by atoms with Crippen molar-refractivity contribution in [3.63, 3.8) is 0 Å². The average Bonchev–Trinajstić information content (AvgIpc) is 3.47. The lowest BCUT2D eigenvalue weighted by molar-refractivity contribution is -0.138. The molecule has 186 valence electrons. The van der Waals surface area contributed by atoms with E-state index in [0.717, 1.165) is 48.8 Å². The van der Waals surface area contributed by atoms with Crippen molar-refractivity contribution in [1.82, 2.24) is 19.7 Å². The second-order valence-corrected chi connectivity index (χ2v) is 11.0. The molecular formula is C27H40N4O3. The molecule has 1 aromatic heterocycles. The first-order chi connectivity index (χ1) is 16.4. The van der Waals surface area contributed by atoms with Crippen LogP contribution in [-0.4, -0.2) is 91.2 Å². The zero-order valence-corrected chi connectivity index (χ0v) is 21.0. The molecule has 1 saturated carbocycles. The zero-order valence-electron chi connectivity index (χ0n) is 21.0. The number of rotatable bonds is 6. The molecule has 1 aliphatic carbocycles. The minimum atomic E-state index is -0.344. The van der Waals surface area contributed by atoms with Crippen molar-refractivity contribution in [3.8, 4) is 5.75 Å². The largest absolute Gasteiger partial charge is 0.497 e. The molecule has 7 heteroatoms. The quantitative estimate of drug-likeness (QED) is 0.682. The lowest BCUT2D eigenvalue weighted by Crippen LogP contribution is -2.56. The van der Waals surface area contributed by atoms with Gasteiger partial charge >= 0.3 is 0 Å². The number of ether oxygens (including phenoxy) is 1. The fourth-order valence-corrected chi connectivity index (χ4v) is 6.76. The highest BCUT2D eigenvalue weighted by Gasteiger charge is 2.48. The van der Waals surface area contributed by atoms with Gasteiger partial charge in [-0.1, -0.05) is 12.8 Å². The van der Waals surface area contributed by atoms with E-state index < -0.39 is 0 Å². The van der Waals surface area contributed by atoms with Crippen LogP contribution < -0.4 is 4.74 Å². The first kappa shape index (κ1) is 23.6. The summed E-state index contributed by atoms with van der Waals surface area (Å²) in [5.41, 5.74) is 3.26. The molecule has 34 heavy (non-hydrogen) atoms. The van der Waals surface area contributed by atoms with Crippen molar-refractivity contribution >= 4 is 16.8 Å². The summed E-state index contributed by atoms with van der Waals surface area (Å²) in [4.78, 5) is 23.5. The standard InChI is InChI=1S/C27H40N4O3/c1-29(2)16-24(33)31-18-27(10-12-30(13-11-27)15-19-6-4-5-7-19)25-21-9-8-20(34-3)14-22(21)28-26(25)23(31)17-32/h8-9,14,19,23,28,32H,4-7,10-13,15-18H2,1-3H3/t23-/m0/s1. The summed E-state index contributed by atoms with van der Waals surface area (Å²) in [5.74, 6) is 1.75. The smallest absolute Gasteiger partial charge is 0.237 e. The Kier molecular flexibility index (Phi) is 6.62. The van der Waals surface area contributed by atoms with Crippen LogP contribution in [0.3, 0.4) is 0 Å². The van der Waals surface area contributed by atoms with Crippen molar-refractivity contribution in [2.75, 3.05) is 60.5 Å². The van der Waals surface area contributed by atoms with E-state index in [1.54, 1.807) is 7.11 Å². The molecule has 2 aliphatic heterocycles. The molecule has 2 fully saturated rings. The van der Waals surface area contributed by atoms with Crippen LogP contribution in [0.25, 0.3) is 10.9 Å². The molecule has 0 bridgehead atoms. The molecule has 0 radical (unpaired) electrons. The van der Waals surface area contributed by atoms with Gasteiger partial charge in [-0.05, 0) is 76.5 Å². The number of aromatic nitrogens is 1. The molecule has 1 atom stereocenters. The van der Waals surface area contributed by atoms with E-state index in [9.17, 15) is 9.90 Å². The Morgan fingerprint density at radius 3 is 2.62 bits per heavy atom. The summed E-state index contributed by atoms with van der Waals surface area (Å²) in [6.45, 7) is 4.30. The minimum Gasteiger partial charge on any atom is -0.497 e. The number of aromatic amines is 1. The molecule has 1 saturated heterocycles. The third kappa shape index (κ3) is 4.23. The number of hydrogen-bond donors (Lipinski definition) is 2. The number of piperidine rings is 1. The van der Waals surface area contributed by atoms with Crippen LogP contribution in [0.5, 0.6) is 5.75 Å². The van der Waals surface area contributed by atoms with Crippen molar-refractivity contribution in [3.05, 3.63) is 29.5 Å². The minimum absolute atomic E-state index is 0.0821. The summed E-state index contributed by atoms with van der Waals surface area (Å²) < 4.78 is 5.48. The third-order valence-electron chi connectivity index (χ3n) is 8.50. The highest BCUT2D eigenvalue weighted by atomic mass is 16.5. The SMILES string of the molecule is COc1ccc2c3c([nH]c2c1)[C@H](CO)N(C(=O)CN(C)C)CC31CCN(CC2CCCC2)CC1. The Morgan fingerprint density at radius 1 is 1.24 bits per heavy atom. The van der Waals surface area contributed by atoms with E-state index >= 15 is 0 Å². The predicted molar refractivity (Wildman–Crippen MR) is 134 cm³/mol. The van der Waals surface area contributed by atoms with Gasteiger partial charge in [0.2, 0.25) is 5.91 Å². The number of fused-ring (bicyclic) bond motifs is 4. The van der Waals surface area contributed by atoms with Crippen molar-refractivity contribution in [1.29, 1.82) is 0 Å². The Balaban J connectivity index is 1.52. The number of likely N-dealkylation sites (N-methyl/N-ethyl adjacent to an activating group) is 1. The molecule has 2 aromatic rings. The summed E-state index contributed by atoms with van der Waals surface area (Å²) in [7, 11) is 5.53. The van der Waals surface area contributed by atoms with E-state index in [1.165, 1.54) is 43.2 Å². The van der Waals surface area contributed by atoms with E-state index in [-0.39, 0.29) is 24.0 Å². The molecule has 1 aromatic carbocycles. The molecule has 0 unspecified atom stereocenters. The molecule has 3 heterocycles. The van der Waals surface area contributed by atoms with Gasteiger partial charge in [0.25, 0.3) is 0 Å². The number of amides is 1. The number of carbonyl (C=O) groups excluding carboxylic acids is 1. The molecule has 2 N–H and O–H groups in total. The van der Waals surface area contributed by atoms with Crippen LogP contribution in [0.15, 0.2) is 18.2 Å². The van der Waals surface area contributed by atoms with E-state index in [0.29, 0.717) is 13.1 Å². The second-order valence-electron chi connectivity index (χ2n) is 11.0. The summed E-state index contributed by atoms with van der Waals surface area (Å²) in [6, 6.07) is 5.87. The lowest BCUT2D eigenvalue weighted by atomic mass is 9.68. The van der Waals surface area contributed by atoms with E-state index in [1.807, 2.05) is 36.0 Å². The number of nitrogens with one attached hydrogen (secondary N) is 1. The number of aliphatic hydroxyl groups excluding tert-OH is 1. The fraction of sp³-hybridized carbons (Fsp3) is 0.667. The van der Waals surface area contributed by atoms with Gasteiger partial charge < -0.3 is 29.5 Å². The number of carbonyl (C=O) groups is 1. The monoisotopic (exact) mass is 468 g/mol. The van der Waals surface area contributed by atoms with Crippen LogP contribution in [0.1, 0.15) is 55.8 Å². The van der Waals surface area contributed by atoms with Gasteiger partial charge in [0.05, 0.1) is 26.3 Å². The first-order valence-electron chi connectivity index (χ1n) is 12.9. The van der Waals surface area contributed by atoms with Crippen molar-refractivity contribution in [2.24, 2.45) is 5.92 Å².